The molecule has 2 aromatic rings. The Kier molecular flexibility index (Phi) is 6.47. The molecule has 0 spiro atoms. The number of hydrogen-bond acceptors (Lipinski definition) is 10. The van der Waals surface area contributed by atoms with Crippen molar-refractivity contribution in [3.05, 3.63) is 36.0 Å². The minimum Gasteiger partial charge on any atom is -0.390 e. The number of aliphatic hydroxyl groups is 2. The van der Waals surface area contributed by atoms with Gasteiger partial charge < -0.3 is 15.5 Å². The molecule has 164 valence electrons. The van der Waals surface area contributed by atoms with Crippen molar-refractivity contribution in [2.75, 3.05) is 11.9 Å². The van der Waals surface area contributed by atoms with Crippen LogP contribution in [0.4, 0.5) is 5.82 Å². The van der Waals surface area contributed by atoms with Crippen LogP contribution in [0, 0.1) is 5.92 Å². The maximum Gasteiger partial charge on any atom is 0.333 e. The second-order valence-electron chi connectivity index (χ2n) is 7.39. The highest BCUT2D eigenvalue weighted by Crippen LogP contribution is 2.30. The number of carbonyl (C=O) groups is 1. The van der Waals surface area contributed by atoms with Gasteiger partial charge in [0.25, 0.3) is 0 Å². The summed E-state index contributed by atoms with van der Waals surface area (Å²) in [5, 5.41) is 32.5. The Balaban J connectivity index is 1.76. The molecule has 0 bridgehead atoms. The van der Waals surface area contributed by atoms with E-state index in [4.69, 9.17) is 5.14 Å². The number of ketones is 1. The first-order valence-corrected chi connectivity index (χ1v) is 10.7. The van der Waals surface area contributed by atoms with Gasteiger partial charge in [-0.05, 0) is 26.3 Å². The van der Waals surface area contributed by atoms with Crippen LogP contribution in [-0.4, -0.2) is 69.0 Å². The molecule has 0 unspecified atom stereocenters. The van der Waals surface area contributed by atoms with Gasteiger partial charge in [-0.2, -0.15) is 13.5 Å². The molecule has 2 aromatic heterocycles. The van der Waals surface area contributed by atoms with Gasteiger partial charge in [0.2, 0.25) is 5.78 Å². The van der Waals surface area contributed by atoms with E-state index in [1.165, 1.54) is 12.5 Å². The topological polar surface area (TPSA) is 183 Å². The van der Waals surface area contributed by atoms with Crippen LogP contribution in [0.3, 0.4) is 0 Å². The molecule has 0 aliphatic heterocycles. The highest BCUT2D eigenvalue weighted by molar-refractivity contribution is 7.84. The zero-order valence-corrected chi connectivity index (χ0v) is 17.2. The van der Waals surface area contributed by atoms with Crippen LogP contribution in [0.1, 0.15) is 42.4 Å². The quantitative estimate of drug-likeness (QED) is 0.380. The van der Waals surface area contributed by atoms with Crippen LogP contribution < -0.4 is 10.5 Å². The number of hydrogen-bond donors (Lipinski definition) is 4. The predicted molar refractivity (Wildman–Crippen MR) is 105 cm³/mol. The third kappa shape index (κ3) is 4.99. The maximum absolute atomic E-state index is 12.9. The first-order valence-electron chi connectivity index (χ1n) is 9.26. The fraction of sp³-hybridized carbons (Fsp3) is 0.529. The minimum atomic E-state index is -4.17. The molecule has 5 N–H and O–H groups in total. The van der Waals surface area contributed by atoms with Gasteiger partial charge in [0.1, 0.15) is 23.9 Å². The van der Waals surface area contributed by atoms with Gasteiger partial charge in [-0.15, -0.1) is 0 Å². The molecule has 1 fully saturated rings. The van der Waals surface area contributed by atoms with E-state index in [9.17, 15) is 23.4 Å². The van der Waals surface area contributed by atoms with E-state index < -0.39 is 40.3 Å². The first kappa shape index (κ1) is 22.2. The maximum atomic E-state index is 12.9. The molecule has 12 nitrogen and oxygen atoms in total. The third-order valence-corrected chi connectivity index (χ3v) is 5.36. The van der Waals surface area contributed by atoms with Crippen molar-refractivity contribution in [1.82, 2.24) is 19.7 Å². The number of nitrogens with zero attached hydrogens (tertiary/aromatic N) is 4. The highest BCUT2D eigenvalue weighted by Gasteiger charge is 2.42. The van der Waals surface area contributed by atoms with Gasteiger partial charge >= 0.3 is 10.3 Å². The molecule has 1 saturated carbocycles. The number of anilines is 1. The van der Waals surface area contributed by atoms with Crippen LogP contribution in [0.5, 0.6) is 0 Å². The number of nitrogens with one attached hydrogen (secondary N) is 1. The lowest BCUT2D eigenvalue weighted by Gasteiger charge is -2.19. The van der Waals surface area contributed by atoms with E-state index in [-0.39, 0.29) is 36.1 Å². The fourth-order valence-electron chi connectivity index (χ4n) is 3.29. The van der Waals surface area contributed by atoms with Crippen LogP contribution in [0.2, 0.25) is 0 Å². The standard InChI is InChI=1S/C17H24N6O6S/c1-9(2)23-4-3-12(22-23)15(25)11-6-19-8-20-17(11)21-13-5-10(14(24)16(13)26)7-29-30(18,27)28/h3-4,6,8-10,13-14,16,24,26H,5,7H2,1-2H3,(H2,18,27,28)(H,19,20,21)/t10-,13-,14-,16+/m1/s1. The molecule has 1 aliphatic rings. The number of rotatable bonds is 8. The molecule has 30 heavy (non-hydrogen) atoms. The van der Waals surface area contributed by atoms with Crippen LogP contribution in [-0.2, 0) is 14.5 Å². The zero-order valence-electron chi connectivity index (χ0n) is 16.4. The van der Waals surface area contributed by atoms with Crippen molar-refractivity contribution < 1.29 is 27.6 Å². The van der Waals surface area contributed by atoms with Crippen LogP contribution in [0.25, 0.3) is 0 Å². The summed E-state index contributed by atoms with van der Waals surface area (Å²) in [7, 11) is -4.17. The van der Waals surface area contributed by atoms with E-state index in [1.807, 2.05) is 13.8 Å². The molecular formula is C17H24N6O6S. The van der Waals surface area contributed by atoms with Crippen LogP contribution >= 0.6 is 0 Å². The normalized spacial score (nSPS) is 24.3. The van der Waals surface area contributed by atoms with E-state index in [1.54, 1.807) is 16.9 Å². The van der Waals surface area contributed by atoms with E-state index in [2.05, 4.69) is 24.6 Å². The molecular weight excluding hydrogens is 416 g/mol. The summed E-state index contributed by atoms with van der Waals surface area (Å²) < 4.78 is 28.1. The summed E-state index contributed by atoms with van der Waals surface area (Å²) in [5.41, 5.74) is 0.366. The van der Waals surface area contributed by atoms with Gasteiger partial charge in [-0.3, -0.25) is 13.7 Å². The van der Waals surface area contributed by atoms with Gasteiger partial charge in [0.05, 0.1) is 24.3 Å². The Morgan fingerprint density at radius 2 is 2.13 bits per heavy atom. The van der Waals surface area contributed by atoms with Crippen molar-refractivity contribution in [3.63, 3.8) is 0 Å². The summed E-state index contributed by atoms with van der Waals surface area (Å²) in [4.78, 5) is 20.9. The van der Waals surface area contributed by atoms with Gasteiger partial charge in [0.15, 0.2) is 0 Å². The average Bonchev–Trinajstić information content (AvgIpc) is 3.27. The largest absolute Gasteiger partial charge is 0.390 e. The SMILES string of the molecule is CC(C)n1ccc(C(=O)c2cncnc2N[C@@H]2C[C@H](COS(N)(=O)=O)[C@@H](O)[C@H]2O)n1. The van der Waals surface area contributed by atoms with Crippen molar-refractivity contribution >= 4 is 21.9 Å². The molecule has 4 atom stereocenters. The van der Waals surface area contributed by atoms with Crippen molar-refractivity contribution in [1.29, 1.82) is 0 Å². The van der Waals surface area contributed by atoms with Crippen molar-refractivity contribution in [2.45, 2.75) is 44.6 Å². The van der Waals surface area contributed by atoms with E-state index in [0.29, 0.717) is 0 Å². The summed E-state index contributed by atoms with van der Waals surface area (Å²) in [6.45, 7) is 3.49. The lowest BCUT2D eigenvalue weighted by Crippen LogP contribution is -2.36. The smallest absolute Gasteiger partial charge is 0.333 e. The average molecular weight is 440 g/mol. The summed E-state index contributed by atoms with van der Waals surface area (Å²) in [5.74, 6) is -0.920. The number of aromatic nitrogens is 4. The molecule has 13 heteroatoms. The molecule has 0 aromatic carbocycles. The Morgan fingerprint density at radius 3 is 2.77 bits per heavy atom. The van der Waals surface area contributed by atoms with E-state index in [0.717, 1.165) is 0 Å². The number of nitrogens with two attached hydrogens (primary N) is 1. The number of carbonyl (C=O) groups excluding carboxylic acids is 1. The lowest BCUT2D eigenvalue weighted by molar-refractivity contribution is 0.00778. The van der Waals surface area contributed by atoms with E-state index >= 15 is 0 Å². The summed E-state index contributed by atoms with van der Waals surface area (Å²) >= 11 is 0. The lowest BCUT2D eigenvalue weighted by atomic mass is 10.1. The monoisotopic (exact) mass is 440 g/mol. The van der Waals surface area contributed by atoms with Crippen LogP contribution in [0.15, 0.2) is 24.8 Å². The Labute approximate surface area is 173 Å². The molecule has 0 saturated heterocycles. The Morgan fingerprint density at radius 1 is 1.40 bits per heavy atom. The molecule has 1 aliphatic carbocycles. The minimum absolute atomic E-state index is 0.0859. The van der Waals surface area contributed by atoms with Crippen molar-refractivity contribution in [3.8, 4) is 0 Å². The zero-order chi connectivity index (χ0) is 22.1. The molecule has 3 rings (SSSR count). The second-order valence-corrected chi connectivity index (χ2v) is 8.62. The highest BCUT2D eigenvalue weighted by atomic mass is 32.2. The number of aliphatic hydroxyl groups excluding tert-OH is 2. The molecule has 0 amide bonds. The first-order chi connectivity index (χ1) is 14.1. The Bertz CT molecular complexity index is 1010. The third-order valence-electron chi connectivity index (χ3n) is 4.90. The predicted octanol–water partition coefficient (Wildman–Crippen LogP) is -0.773. The molecule has 2 heterocycles. The Hall–Kier alpha value is -2.45. The van der Waals surface area contributed by atoms with Gasteiger partial charge in [0, 0.05) is 24.4 Å². The van der Waals surface area contributed by atoms with Crippen molar-refractivity contribution in [2.24, 2.45) is 11.1 Å². The second kappa shape index (κ2) is 8.73. The summed E-state index contributed by atoms with van der Waals surface area (Å²) in [6.07, 6.45) is 1.96. The van der Waals surface area contributed by atoms with Gasteiger partial charge in [-0.1, -0.05) is 0 Å². The summed E-state index contributed by atoms with van der Waals surface area (Å²) in [6, 6.07) is 0.972. The van der Waals surface area contributed by atoms with Gasteiger partial charge in [-0.25, -0.2) is 15.1 Å². The molecule has 0 radical (unpaired) electrons. The fourth-order valence-corrected chi connectivity index (χ4v) is 3.65.